The van der Waals surface area contributed by atoms with Gasteiger partial charge in [-0.2, -0.15) is 4.39 Å². The number of carbonyl (C=O) groups excluding carboxylic acids is 1. The number of anilines is 1. The molecule has 12 heteroatoms. The summed E-state index contributed by atoms with van der Waals surface area (Å²) in [5.74, 6) is -5.12. The highest BCUT2D eigenvalue weighted by molar-refractivity contribution is 5.94. The summed E-state index contributed by atoms with van der Waals surface area (Å²) in [7, 11) is 0. The van der Waals surface area contributed by atoms with Crippen LogP contribution in [0.2, 0.25) is 0 Å². The molecule has 9 nitrogen and oxygen atoms in total. The van der Waals surface area contributed by atoms with Crippen molar-refractivity contribution in [1.29, 1.82) is 0 Å². The zero-order chi connectivity index (χ0) is 27.2. The second kappa shape index (κ2) is 9.82. The Morgan fingerprint density at radius 2 is 1.79 bits per heavy atom. The molecule has 0 spiro atoms. The number of benzene rings is 1. The van der Waals surface area contributed by atoms with Gasteiger partial charge in [0.25, 0.3) is 5.91 Å². The van der Waals surface area contributed by atoms with Crippen LogP contribution in [0.1, 0.15) is 54.6 Å². The lowest BCUT2D eigenvalue weighted by molar-refractivity contribution is 0.0286. The second-order valence-electron chi connectivity index (χ2n) is 10.9. The van der Waals surface area contributed by atoms with Crippen LogP contribution in [0.3, 0.4) is 0 Å². The van der Waals surface area contributed by atoms with Crippen LogP contribution in [0.4, 0.5) is 19.1 Å². The molecule has 3 aromatic rings. The summed E-state index contributed by atoms with van der Waals surface area (Å²) in [6, 6.07) is 2.31. The highest BCUT2D eigenvalue weighted by atomic mass is 19.2. The van der Waals surface area contributed by atoms with E-state index in [1.165, 1.54) is 0 Å². The Bertz CT molecular complexity index is 1380. The number of nitrogens with one attached hydrogen (secondary N) is 2. The van der Waals surface area contributed by atoms with E-state index < -0.39 is 34.7 Å². The topological polar surface area (TPSA) is 116 Å². The minimum absolute atomic E-state index is 0.152. The number of carbonyl (C=O) groups is 1. The zero-order valence-corrected chi connectivity index (χ0v) is 21.3. The average Bonchev–Trinajstić information content (AvgIpc) is 3.50. The van der Waals surface area contributed by atoms with Crippen molar-refractivity contribution in [3.63, 3.8) is 0 Å². The Morgan fingerprint density at radius 3 is 2.51 bits per heavy atom. The molecule has 1 saturated heterocycles. The molecule has 0 unspecified atom stereocenters. The summed E-state index contributed by atoms with van der Waals surface area (Å²) < 4.78 is 47.8. The minimum atomic E-state index is -1.77. The molecule has 1 aliphatic heterocycles. The first-order valence-corrected chi connectivity index (χ1v) is 13.2. The molecular formula is C27H29F3N6O3. The molecule has 2 aromatic heterocycles. The van der Waals surface area contributed by atoms with Crippen molar-refractivity contribution in [2.45, 2.75) is 43.9 Å². The van der Waals surface area contributed by atoms with Crippen LogP contribution in [-0.2, 0) is 5.41 Å². The molecule has 206 valence electrons. The summed E-state index contributed by atoms with van der Waals surface area (Å²) >= 11 is 0. The standard InChI is InChI=1S/C27H29F3N6O3/c28-17-13-16(20(29)21(30)22(17)37)23(38)34-15-26-2-5-27(6-3-26,7-4-26)19-14-33-24(39-19)18-1-8-32-25(35-18)36-11-9-31-10-12-36/h1,8,13-14,31,37H,2-7,9-12,15H2,(H,34,38)/t26-,27+. The number of fused-ring (bicyclic) bond motifs is 3. The summed E-state index contributed by atoms with van der Waals surface area (Å²) in [6.07, 6.45) is 8.45. The first kappa shape index (κ1) is 25.6. The van der Waals surface area contributed by atoms with E-state index in [2.05, 4.69) is 30.5 Å². The van der Waals surface area contributed by atoms with E-state index in [1.54, 1.807) is 18.5 Å². The minimum Gasteiger partial charge on any atom is -0.503 e. The smallest absolute Gasteiger partial charge is 0.254 e. The molecule has 4 fully saturated rings. The Labute approximate surface area is 222 Å². The number of aromatic nitrogens is 3. The maximum Gasteiger partial charge on any atom is 0.254 e. The Morgan fingerprint density at radius 1 is 1.08 bits per heavy atom. The van der Waals surface area contributed by atoms with E-state index in [4.69, 9.17) is 4.42 Å². The molecule has 3 aliphatic carbocycles. The van der Waals surface area contributed by atoms with Gasteiger partial charge in [-0.05, 0) is 56.1 Å². The SMILES string of the molecule is O=C(NC[C@]12CC[C@](c3cnc(-c4ccnc(N5CCNCC5)n4)o3)(CC1)CC2)c1cc(F)c(O)c(F)c1F. The fourth-order valence-electron chi connectivity index (χ4n) is 6.13. The van der Waals surface area contributed by atoms with E-state index in [0.717, 1.165) is 70.5 Å². The van der Waals surface area contributed by atoms with Crippen LogP contribution in [0.15, 0.2) is 28.9 Å². The van der Waals surface area contributed by atoms with Gasteiger partial charge in [0.1, 0.15) is 11.5 Å². The lowest BCUT2D eigenvalue weighted by atomic mass is 9.53. The third kappa shape index (κ3) is 4.60. The maximum atomic E-state index is 14.1. The number of hydrogen-bond donors (Lipinski definition) is 3. The Hall–Kier alpha value is -3.67. The largest absolute Gasteiger partial charge is 0.503 e. The van der Waals surface area contributed by atoms with Crippen molar-refractivity contribution in [3.8, 4) is 17.3 Å². The van der Waals surface area contributed by atoms with E-state index in [9.17, 15) is 23.1 Å². The number of piperazine rings is 1. The van der Waals surface area contributed by atoms with Gasteiger partial charge >= 0.3 is 0 Å². The van der Waals surface area contributed by atoms with Crippen molar-refractivity contribution in [1.82, 2.24) is 25.6 Å². The van der Waals surface area contributed by atoms with Gasteiger partial charge in [-0.1, -0.05) is 0 Å². The van der Waals surface area contributed by atoms with Gasteiger partial charge in [-0.25, -0.2) is 23.7 Å². The van der Waals surface area contributed by atoms with Crippen LogP contribution in [0, 0.1) is 22.9 Å². The fourth-order valence-corrected chi connectivity index (χ4v) is 6.13. The molecule has 2 bridgehead atoms. The molecule has 3 saturated carbocycles. The van der Waals surface area contributed by atoms with Crippen molar-refractivity contribution in [2.75, 3.05) is 37.6 Å². The van der Waals surface area contributed by atoms with E-state index in [-0.39, 0.29) is 17.4 Å². The lowest BCUT2D eigenvalue weighted by Crippen LogP contribution is -2.49. The normalized spacial score (nSPS) is 24.6. The van der Waals surface area contributed by atoms with Gasteiger partial charge in [-0.3, -0.25) is 4.79 Å². The fraction of sp³-hybridized carbons (Fsp3) is 0.481. The summed E-state index contributed by atoms with van der Waals surface area (Å²) in [6.45, 7) is 3.71. The van der Waals surface area contributed by atoms with Crippen LogP contribution < -0.4 is 15.5 Å². The highest BCUT2D eigenvalue weighted by Crippen LogP contribution is 2.57. The van der Waals surface area contributed by atoms with Gasteiger partial charge in [0.05, 0.1) is 11.8 Å². The summed E-state index contributed by atoms with van der Waals surface area (Å²) in [5, 5.41) is 15.2. The van der Waals surface area contributed by atoms with Crippen molar-refractivity contribution >= 4 is 11.9 Å². The number of phenolic OH excluding ortho intramolecular Hbond substituents is 1. The predicted octanol–water partition coefficient (Wildman–Crippen LogP) is 3.69. The van der Waals surface area contributed by atoms with E-state index in [0.29, 0.717) is 23.6 Å². The molecule has 7 rings (SSSR count). The van der Waals surface area contributed by atoms with Crippen molar-refractivity contribution in [2.24, 2.45) is 5.41 Å². The average molecular weight is 543 g/mol. The molecule has 39 heavy (non-hydrogen) atoms. The number of hydrogen-bond acceptors (Lipinski definition) is 8. The summed E-state index contributed by atoms with van der Waals surface area (Å²) in [4.78, 5) is 28.3. The highest BCUT2D eigenvalue weighted by Gasteiger charge is 2.51. The van der Waals surface area contributed by atoms with Gasteiger partial charge in [0.2, 0.25) is 17.7 Å². The first-order chi connectivity index (χ1) is 18.8. The number of rotatable bonds is 6. The molecular weight excluding hydrogens is 513 g/mol. The van der Waals surface area contributed by atoms with Gasteiger partial charge in [0, 0.05) is 44.3 Å². The van der Waals surface area contributed by atoms with Gasteiger partial charge < -0.3 is 25.1 Å². The van der Waals surface area contributed by atoms with Crippen molar-refractivity contribution < 1.29 is 27.5 Å². The molecule has 0 radical (unpaired) electrons. The number of oxazole rings is 1. The third-order valence-corrected chi connectivity index (χ3v) is 8.69. The van der Waals surface area contributed by atoms with E-state index >= 15 is 0 Å². The summed E-state index contributed by atoms with van der Waals surface area (Å²) in [5.41, 5.74) is -0.463. The first-order valence-electron chi connectivity index (χ1n) is 13.2. The van der Waals surface area contributed by atoms with Gasteiger partial charge in [0.15, 0.2) is 17.4 Å². The number of aromatic hydroxyl groups is 1. The Balaban J connectivity index is 1.11. The van der Waals surface area contributed by atoms with Gasteiger partial charge in [-0.15, -0.1) is 0 Å². The molecule has 1 amide bonds. The second-order valence-corrected chi connectivity index (χ2v) is 10.9. The lowest BCUT2D eigenvalue weighted by Gasteiger charge is -2.52. The number of nitrogens with zero attached hydrogens (tertiary/aromatic N) is 4. The molecule has 3 N–H and O–H groups in total. The van der Waals surface area contributed by atoms with Crippen LogP contribution in [0.25, 0.3) is 11.6 Å². The number of amides is 1. The molecule has 0 atom stereocenters. The van der Waals surface area contributed by atoms with E-state index in [1.807, 2.05) is 0 Å². The maximum absolute atomic E-state index is 14.1. The zero-order valence-electron chi connectivity index (χ0n) is 21.3. The Kier molecular flexibility index (Phi) is 6.44. The predicted molar refractivity (Wildman–Crippen MR) is 135 cm³/mol. The molecule has 4 aliphatic rings. The van der Waals surface area contributed by atoms with Crippen LogP contribution >= 0.6 is 0 Å². The van der Waals surface area contributed by atoms with Crippen LogP contribution in [-0.4, -0.2) is 58.7 Å². The molecule has 1 aromatic carbocycles. The van der Waals surface area contributed by atoms with Crippen molar-refractivity contribution in [3.05, 3.63) is 53.3 Å². The monoisotopic (exact) mass is 542 g/mol. The quantitative estimate of drug-likeness (QED) is 0.404. The number of phenols is 1. The molecule has 3 heterocycles. The number of halogens is 3. The third-order valence-electron chi connectivity index (χ3n) is 8.69. The van der Waals surface area contributed by atoms with Crippen LogP contribution in [0.5, 0.6) is 5.75 Å².